The Balaban J connectivity index is 2.20. The second kappa shape index (κ2) is 6.38. The van der Waals surface area contributed by atoms with Crippen molar-refractivity contribution in [2.75, 3.05) is 24.6 Å². The molecule has 0 unspecified atom stereocenters. The van der Waals surface area contributed by atoms with Crippen molar-refractivity contribution in [3.05, 3.63) is 23.8 Å². The molecule has 20 heavy (non-hydrogen) atoms. The number of hydrogen-bond acceptors (Lipinski definition) is 4. The first kappa shape index (κ1) is 14.3. The van der Waals surface area contributed by atoms with Crippen LogP contribution in [0.4, 0.5) is 5.69 Å². The highest BCUT2D eigenvalue weighted by molar-refractivity contribution is 6.02. The quantitative estimate of drug-likeness (QED) is 0.815. The average Bonchev–Trinajstić information content (AvgIpc) is 2.47. The second-order valence-corrected chi connectivity index (χ2v) is 4.62. The molecule has 2 rings (SSSR count). The Morgan fingerprint density at radius 1 is 1.50 bits per heavy atom. The minimum Gasteiger partial charge on any atom is -0.482 e. The highest BCUT2D eigenvalue weighted by Gasteiger charge is 2.27. The molecule has 1 aliphatic heterocycles. The lowest BCUT2D eigenvalue weighted by Gasteiger charge is -2.29. The van der Waals surface area contributed by atoms with Crippen molar-refractivity contribution >= 4 is 17.5 Å². The van der Waals surface area contributed by atoms with Crippen LogP contribution < -0.4 is 20.7 Å². The minimum atomic E-state index is -0.224. The molecule has 2 amide bonds. The second-order valence-electron chi connectivity index (χ2n) is 4.62. The summed E-state index contributed by atoms with van der Waals surface area (Å²) in [7, 11) is 0. The first-order valence-electron chi connectivity index (χ1n) is 6.68. The third kappa shape index (κ3) is 3.08. The highest BCUT2D eigenvalue weighted by Crippen LogP contribution is 2.32. The van der Waals surface area contributed by atoms with Crippen LogP contribution in [0.25, 0.3) is 0 Å². The van der Waals surface area contributed by atoms with Gasteiger partial charge in [0.05, 0.1) is 5.69 Å². The van der Waals surface area contributed by atoms with Crippen LogP contribution in [0.15, 0.2) is 18.2 Å². The first-order valence-corrected chi connectivity index (χ1v) is 6.68. The monoisotopic (exact) mass is 277 g/mol. The molecule has 0 aliphatic carbocycles. The Hall–Kier alpha value is -2.08. The molecule has 0 bridgehead atoms. The number of nitrogens with two attached hydrogens (primary N) is 1. The topological polar surface area (TPSA) is 84.7 Å². The van der Waals surface area contributed by atoms with E-state index in [1.165, 1.54) is 4.90 Å². The maximum absolute atomic E-state index is 12.0. The van der Waals surface area contributed by atoms with E-state index >= 15 is 0 Å². The first-order chi connectivity index (χ1) is 9.65. The van der Waals surface area contributed by atoms with E-state index in [1.54, 1.807) is 12.1 Å². The van der Waals surface area contributed by atoms with Crippen LogP contribution in [0, 0.1) is 0 Å². The molecule has 0 spiro atoms. The fraction of sp³-hybridized carbons (Fsp3) is 0.429. The molecule has 0 saturated heterocycles. The third-order valence-corrected chi connectivity index (χ3v) is 3.08. The summed E-state index contributed by atoms with van der Waals surface area (Å²) in [6.45, 7) is 2.91. The van der Waals surface area contributed by atoms with Crippen molar-refractivity contribution in [3.8, 4) is 5.75 Å². The van der Waals surface area contributed by atoms with E-state index in [0.717, 1.165) is 12.0 Å². The lowest BCUT2D eigenvalue weighted by Crippen LogP contribution is -2.45. The van der Waals surface area contributed by atoms with E-state index in [0.29, 0.717) is 24.5 Å². The number of ether oxygens (including phenoxy) is 1. The van der Waals surface area contributed by atoms with Gasteiger partial charge in [-0.2, -0.15) is 0 Å². The molecule has 6 nitrogen and oxygen atoms in total. The largest absolute Gasteiger partial charge is 0.482 e. The number of nitrogens with one attached hydrogen (secondary N) is 1. The standard InChI is InChI=1S/C14H19N3O3/c1-2-5-16-13(18)8-17-11-6-10(7-15)3-4-12(11)20-9-14(17)19/h3-4,6H,2,5,7-9,15H2,1H3,(H,16,18). The molecule has 1 aromatic rings. The van der Waals surface area contributed by atoms with E-state index in [9.17, 15) is 9.59 Å². The molecule has 0 saturated carbocycles. The zero-order valence-corrected chi connectivity index (χ0v) is 11.5. The summed E-state index contributed by atoms with van der Waals surface area (Å²) >= 11 is 0. The molecule has 0 aromatic heterocycles. The van der Waals surface area contributed by atoms with Gasteiger partial charge in [0.1, 0.15) is 12.3 Å². The van der Waals surface area contributed by atoms with Gasteiger partial charge in [-0.1, -0.05) is 13.0 Å². The van der Waals surface area contributed by atoms with Crippen molar-refractivity contribution in [1.82, 2.24) is 5.32 Å². The average molecular weight is 277 g/mol. The summed E-state index contributed by atoms with van der Waals surface area (Å²) in [4.78, 5) is 25.2. The predicted molar refractivity (Wildman–Crippen MR) is 75.5 cm³/mol. The van der Waals surface area contributed by atoms with Gasteiger partial charge in [0.15, 0.2) is 6.61 Å². The van der Waals surface area contributed by atoms with E-state index in [4.69, 9.17) is 10.5 Å². The summed E-state index contributed by atoms with van der Waals surface area (Å²) in [5, 5.41) is 2.76. The van der Waals surface area contributed by atoms with E-state index in [-0.39, 0.29) is 25.0 Å². The van der Waals surface area contributed by atoms with Gasteiger partial charge in [-0.25, -0.2) is 0 Å². The molecule has 0 fully saturated rings. The Bertz CT molecular complexity index is 516. The molecular formula is C14H19N3O3. The van der Waals surface area contributed by atoms with E-state index < -0.39 is 0 Å². The lowest BCUT2D eigenvalue weighted by atomic mass is 10.1. The summed E-state index contributed by atoms with van der Waals surface area (Å²) < 4.78 is 5.36. The SMILES string of the molecule is CCCNC(=O)CN1C(=O)COc2ccc(CN)cc21. The van der Waals surface area contributed by atoms with Crippen molar-refractivity contribution in [1.29, 1.82) is 0 Å². The van der Waals surface area contributed by atoms with E-state index in [1.807, 2.05) is 13.0 Å². The fourth-order valence-electron chi connectivity index (χ4n) is 2.01. The van der Waals surface area contributed by atoms with Gasteiger partial charge in [-0.05, 0) is 24.1 Å². The van der Waals surface area contributed by atoms with Gasteiger partial charge >= 0.3 is 0 Å². The van der Waals surface area contributed by atoms with Gasteiger partial charge in [0.2, 0.25) is 5.91 Å². The van der Waals surface area contributed by atoms with Crippen LogP contribution in [0.1, 0.15) is 18.9 Å². The maximum Gasteiger partial charge on any atom is 0.265 e. The summed E-state index contributed by atoms with van der Waals surface area (Å²) in [6, 6.07) is 5.42. The summed E-state index contributed by atoms with van der Waals surface area (Å²) in [6.07, 6.45) is 0.858. The molecule has 1 aliphatic rings. The van der Waals surface area contributed by atoms with Crippen molar-refractivity contribution in [2.45, 2.75) is 19.9 Å². The normalized spacial score (nSPS) is 13.7. The summed E-state index contributed by atoms with van der Waals surface area (Å²) in [5.41, 5.74) is 7.10. The molecule has 1 heterocycles. The Morgan fingerprint density at radius 2 is 2.30 bits per heavy atom. The molecule has 0 radical (unpaired) electrons. The zero-order valence-electron chi connectivity index (χ0n) is 11.5. The van der Waals surface area contributed by atoms with E-state index in [2.05, 4.69) is 5.32 Å². The number of anilines is 1. The highest BCUT2D eigenvalue weighted by atomic mass is 16.5. The number of nitrogens with zero attached hydrogens (tertiary/aromatic N) is 1. The molecule has 1 aromatic carbocycles. The van der Waals surface area contributed by atoms with Crippen LogP contribution in [-0.2, 0) is 16.1 Å². The minimum absolute atomic E-state index is 0.00319. The number of carbonyl (C=O) groups is 2. The Kier molecular flexibility index (Phi) is 4.57. The van der Waals surface area contributed by atoms with Gasteiger partial charge in [-0.3, -0.25) is 14.5 Å². The maximum atomic E-state index is 12.0. The van der Waals surface area contributed by atoms with Crippen LogP contribution in [-0.4, -0.2) is 31.5 Å². The Labute approximate surface area is 117 Å². The van der Waals surface area contributed by atoms with Crippen LogP contribution in [0.5, 0.6) is 5.75 Å². The van der Waals surface area contributed by atoms with Crippen molar-refractivity contribution in [3.63, 3.8) is 0 Å². The number of rotatable bonds is 5. The Morgan fingerprint density at radius 3 is 3.00 bits per heavy atom. The zero-order chi connectivity index (χ0) is 14.5. The van der Waals surface area contributed by atoms with Crippen LogP contribution >= 0.6 is 0 Å². The van der Waals surface area contributed by atoms with Crippen LogP contribution in [0.2, 0.25) is 0 Å². The van der Waals surface area contributed by atoms with Crippen LogP contribution in [0.3, 0.4) is 0 Å². The number of benzene rings is 1. The summed E-state index contributed by atoms with van der Waals surface area (Å²) in [5.74, 6) is 0.203. The number of carbonyl (C=O) groups excluding carboxylic acids is 2. The van der Waals surface area contributed by atoms with Gasteiger partial charge < -0.3 is 15.8 Å². The van der Waals surface area contributed by atoms with Gasteiger partial charge in [0, 0.05) is 13.1 Å². The predicted octanol–water partition coefficient (Wildman–Crippen LogP) is 0.397. The number of hydrogen-bond donors (Lipinski definition) is 2. The third-order valence-electron chi connectivity index (χ3n) is 3.08. The van der Waals surface area contributed by atoms with Crippen molar-refractivity contribution < 1.29 is 14.3 Å². The number of fused-ring (bicyclic) bond motifs is 1. The molecular weight excluding hydrogens is 258 g/mol. The van der Waals surface area contributed by atoms with Gasteiger partial charge in [-0.15, -0.1) is 0 Å². The fourth-order valence-corrected chi connectivity index (χ4v) is 2.01. The number of amides is 2. The lowest BCUT2D eigenvalue weighted by molar-refractivity contribution is -0.125. The van der Waals surface area contributed by atoms with Crippen molar-refractivity contribution in [2.24, 2.45) is 5.73 Å². The molecule has 108 valence electrons. The molecule has 0 atom stereocenters. The smallest absolute Gasteiger partial charge is 0.265 e. The molecule has 6 heteroatoms. The van der Waals surface area contributed by atoms with Gasteiger partial charge in [0.25, 0.3) is 5.91 Å². The molecule has 3 N–H and O–H groups in total.